The molecule has 0 aromatic heterocycles. The molecule has 4 heteroatoms. The number of hydrogen-bond acceptors (Lipinski definition) is 2. The van der Waals surface area contributed by atoms with Crippen LogP contribution >= 0.6 is 11.8 Å². The zero-order chi connectivity index (χ0) is 12.3. The Labute approximate surface area is 105 Å². The van der Waals surface area contributed by atoms with E-state index in [0.717, 1.165) is 24.9 Å². The minimum absolute atomic E-state index is 0.134. The van der Waals surface area contributed by atoms with E-state index in [-0.39, 0.29) is 17.8 Å². The lowest BCUT2D eigenvalue weighted by Crippen LogP contribution is -2.31. The van der Waals surface area contributed by atoms with Crippen LogP contribution in [-0.4, -0.2) is 29.4 Å². The van der Waals surface area contributed by atoms with E-state index in [4.69, 9.17) is 0 Å². The Kier molecular flexibility index (Phi) is 4.05. The summed E-state index contributed by atoms with van der Waals surface area (Å²) in [4.78, 5) is 13.8. The van der Waals surface area contributed by atoms with E-state index in [1.54, 1.807) is 23.9 Å². The predicted octanol–water partition coefficient (Wildman–Crippen LogP) is 2.85. The number of likely N-dealkylation sites (tertiary alicyclic amines) is 1. The molecule has 0 radical (unpaired) electrons. The zero-order valence-corrected chi connectivity index (χ0v) is 10.7. The summed E-state index contributed by atoms with van der Waals surface area (Å²) in [5, 5.41) is 0. The van der Waals surface area contributed by atoms with E-state index in [1.165, 1.54) is 12.1 Å². The fraction of sp³-hybridized carbons (Fsp3) is 0.462. The second-order valence-corrected chi connectivity index (χ2v) is 5.10. The highest BCUT2D eigenvalue weighted by Crippen LogP contribution is 2.32. The smallest absolute Gasteiger partial charge is 0.233 e. The van der Waals surface area contributed by atoms with Gasteiger partial charge in [-0.3, -0.25) is 4.79 Å². The molecule has 1 aromatic rings. The largest absolute Gasteiger partial charge is 0.335 e. The predicted molar refractivity (Wildman–Crippen MR) is 68.5 cm³/mol. The Bertz CT molecular complexity index is 393. The molecule has 17 heavy (non-hydrogen) atoms. The van der Waals surface area contributed by atoms with Crippen LogP contribution in [0.4, 0.5) is 4.39 Å². The van der Waals surface area contributed by atoms with E-state index in [0.29, 0.717) is 5.75 Å². The van der Waals surface area contributed by atoms with E-state index in [1.807, 2.05) is 11.2 Å². The monoisotopic (exact) mass is 253 g/mol. The second kappa shape index (κ2) is 5.54. The van der Waals surface area contributed by atoms with Crippen molar-refractivity contribution < 1.29 is 9.18 Å². The molecule has 1 unspecified atom stereocenters. The van der Waals surface area contributed by atoms with Gasteiger partial charge in [0.05, 0.1) is 11.8 Å². The van der Waals surface area contributed by atoms with Gasteiger partial charge in [-0.05, 0) is 36.8 Å². The first-order valence-electron chi connectivity index (χ1n) is 5.76. The molecule has 0 bridgehead atoms. The Morgan fingerprint density at radius 1 is 1.47 bits per heavy atom. The van der Waals surface area contributed by atoms with Gasteiger partial charge in [0.2, 0.25) is 5.91 Å². The van der Waals surface area contributed by atoms with Crippen molar-refractivity contribution in [1.82, 2.24) is 4.90 Å². The van der Waals surface area contributed by atoms with Crippen molar-refractivity contribution in [3.8, 4) is 0 Å². The molecule has 2 rings (SSSR count). The lowest BCUT2D eigenvalue weighted by atomic mass is 10.0. The second-order valence-electron chi connectivity index (χ2n) is 4.23. The molecule has 0 spiro atoms. The van der Waals surface area contributed by atoms with Crippen molar-refractivity contribution in [3.63, 3.8) is 0 Å². The fourth-order valence-corrected chi connectivity index (χ4v) is 2.72. The maximum atomic E-state index is 12.9. The molecule has 1 heterocycles. The lowest BCUT2D eigenvalue weighted by molar-refractivity contribution is -0.129. The maximum absolute atomic E-state index is 12.9. The number of hydrogen-bond donors (Lipinski definition) is 0. The minimum atomic E-state index is -0.228. The topological polar surface area (TPSA) is 20.3 Å². The van der Waals surface area contributed by atoms with Gasteiger partial charge in [0.25, 0.3) is 0 Å². The van der Waals surface area contributed by atoms with Gasteiger partial charge in [0, 0.05) is 6.54 Å². The summed E-state index contributed by atoms with van der Waals surface area (Å²) in [6.07, 6.45) is 3.94. The molecule has 0 saturated carbocycles. The van der Waals surface area contributed by atoms with Crippen LogP contribution in [0.5, 0.6) is 0 Å². The van der Waals surface area contributed by atoms with E-state index in [9.17, 15) is 9.18 Å². The fourth-order valence-electron chi connectivity index (χ4n) is 2.30. The van der Waals surface area contributed by atoms with Crippen molar-refractivity contribution in [2.24, 2.45) is 0 Å². The van der Waals surface area contributed by atoms with Crippen LogP contribution in [-0.2, 0) is 4.79 Å². The lowest BCUT2D eigenvalue weighted by Gasteiger charge is -2.24. The summed E-state index contributed by atoms with van der Waals surface area (Å²) >= 11 is 1.55. The maximum Gasteiger partial charge on any atom is 0.233 e. The van der Waals surface area contributed by atoms with Crippen LogP contribution in [0.2, 0.25) is 0 Å². The SMILES string of the molecule is CSCC(=O)N1CCCC1c1ccc(F)cc1. The van der Waals surface area contributed by atoms with E-state index in [2.05, 4.69) is 0 Å². The highest BCUT2D eigenvalue weighted by Gasteiger charge is 2.29. The van der Waals surface area contributed by atoms with Crippen LogP contribution in [0.25, 0.3) is 0 Å². The van der Waals surface area contributed by atoms with Crippen LogP contribution in [0, 0.1) is 5.82 Å². The van der Waals surface area contributed by atoms with Gasteiger partial charge in [0.1, 0.15) is 5.82 Å². The number of halogens is 1. The number of rotatable bonds is 3. The van der Waals surface area contributed by atoms with E-state index < -0.39 is 0 Å². The molecule has 1 aromatic carbocycles. The standard InChI is InChI=1S/C13H16FNOS/c1-17-9-13(16)15-8-2-3-12(15)10-4-6-11(14)7-5-10/h4-7,12H,2-3,8-9H2,1H3. The van der Waals surface area contributed by atoms with Crippen LogP contribution in [0.1, 0.15) is 24.4 Å². The molecular formula is C13H16FNOS. The van der Waals surface area contributed by atoms with Crippen LogP contribution in [0.15, 0.2) is 24.3 Å². The first-order valence-corrected chi connectivity index (χ1v) is 7.15. The number of carbonyl (C=O) groups is 1. The van der Waals surface area contributed by atoms with Crippen LogP contribution < -0.4 is 0 Å². The van der Waals surface area contributed by atoms with Gasteiger partial charge in [-0.2, -0.15) is 11.8 Å². The first kappa shape index (κ1) is 12.4. The van der Waals surface area contributed by atoms with Gasteiger partial charge in [-0.15, -0.1) is 0 Å². The third-order valence-corrected chi connectivity index (χ3v) is 3.63. The first-order chi connectivity index (χ1) is 8.22. The Balaban J connectivity index is 2.14. The third kappa shape index (κ3) is 2.80. The summed E-state index contributed by atoms with van der Waals surface area (Å²) < 4.78 is 12.9. The molecule has 0 aliphatic carbocycles. The van der Waals surface area contributed by atoms with Crippen molar-refractivity contribution in [1.29, 1.82) is 0 Å². The molecule has 1 saturated heterocycles. The van der Waals surface area contributed by atoms with Crippen molar-refractivity contribution in [3.05, 3.63) is 35.6 Å². The molecule has 1 aliphatic heterocycles. The Morgan fingerprint density at radius 2 is 2.18 bits per heavy atom. The average molecular weight is 253 g/mol. The number of thioether (sulfide) groups is 1. The quantitative estimate of drug-likeness (QED) is 0.825. The molecule has 1 fully saturated rings. The summed E-state index contributed by atoms with van der Waals surface area (Å²) in [7, 11) is 0. The van der Waals surface area contributed by atoms with Gasteiger partial charge in [0.15, 0.2) is 0 Å². The number of nitrogens with zero attached hydrogens (tertiary/aromatic N) is 1. The number of amides is 1. The van der Waals surface area contributed by atoms with Gasteiger partial charge in [-0.1, -0.05) is 12.1 Å². The number of benzene rings is 1. The van der Waals surface area contributed by atoms with Gasteiger partial charge >= 0.3 is 0 Å². The zero-order valence-electron chi connectivity index (χ0n) is 9.86. The highest BCUT2D eigenvalue weighted by molar-refractivity contribution is 7.99. The van der Waals surface area contributed by atoms with Crippen molar-refractivity contribution in [2.45, 2.75) is 18.9 Å². The molecular weight excluding hydrogens is 237 g/mol. The molecule has 1 aliphatic rings. The van der Waals surface area contributed by atoms with E-state index >= 15 is 0 Å². The average Bonchev–Trinajstić information content (AvgIpc) is 2.79. The molecule has 0 N–H and O–H groups in total. The molecule has 92 valence electrons. The molecule has 1 amide bonds. The summed E-state index contributed by atoms with van der Waals surface area (Å²) in [5.41, 5.74) is 1.04. The summed E-state index contributed by atoms with van der Waals surface area (Å²) in [6.45, 7) is 0.821. The normalized spacial score (nSPS) is 19.6. The molecule has 1 atom stereocenters. The highest BCUT2D eigenvalue weighted by atomic mass is 32.2. The molecule has 2 nitrogen and oxygen atoms in total. The van der Waals surface area contributed by atoms with Gasteiger partial charge in [-0.25, -0.2) is 4.39 Å². The van der Waals surface area contributed by atoms with Crippen LogP contribution in [0.3, 0.4) is 0 Å². The van der Waals surface area contributed by atoms with Crippen molar-refractivity contribution >= 4 is 17.7 Å². The summed E-state index contributed by atoms with van der Waals surface area (Å²) in [6, 6.07) is 6.63. The minimum Gasteiger partial charge on any atom is -0.335 e. The van der Waals surface area contributed by atoms with Crippen molar-refractivity contribution in [2.75, 3.05) is 18.6 Å². The number of carbonyl (C=O) groups excluding carboxylic acids is 1. The Hall–Kier alpha value is -1.03. The third-order valence-electron chi connectivity index (χ3n) is 3.10. The summed E-state index contributed by atoms with van der Waals surface area (Å²) in [5.74, 6) is 0.482. The van der Waals surface area contributed by atoms with Gasteiger partial charge < -0.3 is 4.90 Å². The Morgan fingerprint density at radius 3 is 2.82 bits per heavy atom.